The zero-order valence-electron chi connectivity index (χ0n) is 20.9. The van der Waals surface area contributed by atoms with Gasteiger partial charge in [0, 0.05) is 25.5 Å². The van der Waals surface area contributed by atoms with Gasteiger partial charge < -0.3 is 0 Å². The Hall–Kier alpha value is -2.49. The van der Waals surface area contributed by atoms with Crippen molar-refractivity contribution in [2.45, 2.75) is 47.0 Å². The SMILES string of the molecule is Cc1ccc2c(c1)-c1cc(C)cc(Br)c1C2(C)C.Cc1ccc2c(c1)-c1cc(C)cc(Br)c1C2=O. The van der Waals surface area contributed by atoms with Crippen LogP contribution in [0.3, 0.4) is 0 Å². The van der Waals surface area contributed by atoms with Crippen LogP contribution in [-0.2, 0) is 5.41 Å². The predicted molar refractivity (Wildman–Crippen MR) is 154 cm³/mol. The van der Waals surface area contributed by atoms with Crippen LogP contribution in [0.2, 0.25) is 0 Å². The standard InChI is InChI=1S/C17H17Br.C15H11BrO/c1-10-5-6-14-12(7-10)13-8-11(2)9-15(18)16(13)17(14,3)4;1-8-3-4-10-11(5-8)12-6-9(2)7-13(16)14(12)15(10)17/h5-9H,1-4H3;3-7H,1-2H3. The maximum absolute atomic E-state index is 12.3. The second-order valence-electron chi connectivity index (χ2n) is 10.4. The van der Waals surface area contributed by atoms with Gasteiger partial charge in [0.25, 0.3) is 0 Å². The van der Waals surface area contributed by atoms with Gasteiger partial charge in [-0.3, -0.25) is 4.79 Å². The molecule has 0 N–H and O–H groups in total. The number of aryl methyl sites for hydroxylation is 4. The highest BCUT2D eigenvalue weighted by molar-refractivity contribution is 9.10. The zero-order chi connectivity index (χ0) is 25.2. The van der Waals surface area contributed by atoms with E-state index in [1.807, 2.05) is 32.0 Å². The van der Waals surface area contributed by atoms with E-state index in [0.29, 0.717) is 0 Å². The van der Waals surface area contributed by atoms with Crippen LogP contribution in [0.1, 0.15) is 63.1 Å². The third-order valence-electron chi connectivity index (χ3n) is 7.17. The summed E-state index contributed by atoms with van der Waals surface area (Å²) in [6.07, 6.45) is 0. The molecule has 1 nitrogen and oxygen atoms in total. The highest BCUT2D eigenvalue weighted by atomic mass is 79.9. The highest BCUT2D eigenvalue weighted by Crippen LogP contribution is 2.51. The summed E-state index contributed by atoms with van der Waals surface area (Å²) in [7, 11) is 0. The molecule has 3 heteroatoms. The molecule has 0 saturated carbocycles. The number of halogens is 2. The summed E-state index contributed by atoms with van der Waals surface area (Å²) in [6, 6.07) is 21.4. The molecule has 6 rings (SSSR count). The first-order valence-corrected chi connectivity index (χ1v) is 13.5. The van der Waals surface area contributed by atoms with Gasteiger partial charge in [0.1, 0.15) is 0 Å². The average molecular weight is 588 g/mol. The Bertz CT molecular complexity index is 1540. The molecular formula is C32H28Br2O. The second-order valence-corrected chi connectivity index (χ2v) is 12.1. The van der Waals surface area contributed by atoms with Gasteiger partial charge in [-0.25, -0.2) is 0 Å². The number of ketones is 1. The molecule has 0 unspecified atom stereocenters. The average Bonchev–Trinajstić information content (AvgIpc) is 3.16. The molecule has 0 heterocycles. The molecule has 0 fully saturated rings. The second kappa shape index (κ2) is 8.57. The van der Waals surface area contributed by atoms with E-state index in [1.165, 1.54) is 43.4 Å². The minimum atomic E-state index is 0.0882. The van der Waals surface area contributed by atoms with Gasteiger partial charge in [-0.2, -0.15) is 0 Å². The lowest BCUT2D eigenvalue weighted by atomic mass is 9.82. The van der Waals surface area contributed by atoms with Crippen molar-refractivity contribution >= 4 is 37.6 Å². The number of fused-ring (bicyclic) bond motifs is 6. The Kier molecular flexibility index (Phi) is 5.93. The third-order valence-corrected chi connectivity index (χ3v) is 8.42. The number of benzene rings is 4. The van der Waals surface area contributed by atoms with Gasteiger partial charge in [-0.05, 0) is 84.3 Å². The molecule has 35 heavy (non-hydrogen) atoms. The molecule has 0 aromatic heterocycles. The lowest BCUT2D eigenvalue weighted by Gasteiger charge is -2.22. The zero-order valence-corrected chi connectivity index (χ0v) is 24.1. The van der Waals surface area contributed by atoms with E-state index >= 15 is 0 Å². The fraction of sp³-hybridized carbons (Fsp3) is 0.219. The Morgan fingerprint density at radius 2 is 1.11 bits per heavy atom. The van der Waals surface area contributed by atoms with Gasteiger partial charge in [0.2, 0.25) is 0 Å². The fourth-order valence-corrected chi connectivity index (χ4v) is 7.37. The summed E-state index contributed by atoms with van der Waals surface area (Å²) >= 11 is 7.25. The Morgan fingerprint density at radius 1 is 0.571 bits per heavy atom. The number of hydrogen-bond donors (Lipinski definition) is 0. The number of hydrogen-bond acceptors (Lipinski definition) is 1. The number of rotatable bonds is 0. The van der Waals surface area contributed by atoms with Gasteiger partial charge in [-0.1, -0.05) is 105 Å². The molecule has 0 spiro atoms. The molecular weight excluding hydrogens is 560 g/mol. The molecule has 2 aliphatic carbocycles. The van der Waals surface area contributed by atoms with Crippen LogP contribution >= 0.6 is 31.9 Å². The molecule has 0 aliphatic heterocycles. The van der Waals surface area contributed by atoms with Gasteiger partial charge in [-0.15, -0.1) is 0 Å². The summed E-state index contributed by atoms with van der Waals surface area (Å²) in [6.45, 7) is 13.0. The first-order valence-electron chi connectivity index (χ1n) is 11.9. The fourth-order valence-electron chi connectivity index (χ4n) is 5.55. The topological polar surface area (TPSA) is 17.1 Å². The van der Waals surface area contributed by atoms with E-state index in [4.69, 9.17) is 0 Å². The van der Waals surface area contributed by atoms with E-state index in [1.54, 1.807) is 0 Å². The summed E-state index contributed by atoms with van der Waals surface area (Å²) in [5.74, 6) is 0.127. The molecule has 2 aliphatic rings. The molecule has 4 aromatic rings. The molecule has 0 amide bonds. The first-order chi connectivity index (χ1) is 16.5. The minimum absolute atomic E-state index is 0.0882. The van der Waals surface area contributed by atoms with Crippen molar-refractivity contribution in [3.63, 3.8) is 0 Å². The van der Waals surface area contributed by atoms with Crippen molar-refractivity contribution in [1.82, 2.24) is 0 Å². The largest absolute Gasteiger partial charge is 0.289 e. The van der Waals surface area contributed by atoms with Crippen molar-refractivity contribution < 1.29 is 4.79 Å². The summed E-state index contributed by atoms with van der Waals surface area (Å²) in [5, 5.41) is 0. The lowest BCUT2D eigenvalue weighted by molar-refractivity contribution is 0.104. The van der Waals surface area contributed by atoms with Crippen LogP contribution < -0.4 is 0 Å². The Labute approximate surface area is 224 Å². The van der Waals surface area contributed by atoms with E-state index in [-0.39, 0.29) is 11.2 Å². The van der Waals surface area contributed by atoms with Crippen LogP contribution in [0, 0.1) is 27.7 Å². The molecule has 0 radical (unpaired) electrons. The summed E-state index contributed by atoms with van der Waals surface area (Å²) < 4.78 is 2.13. The van der Waals surface area contributed by atoms with Crippen LogP contribution in [-0.4, -0.2) is 5.78 Å². The van der Waals surface area contributed by atoms with E-state index in [2.05, 4.69) is 102 Å². The highest BCUT2D eigenvalue weighted by Gasteiger charge is 2.37. The van der Waals surface area contributed by atoms with Gasteiger partial charge in [0.05, 0.1) is 0 Å². The number of carbonyl (C=O) groups is 1. The minimum Gasteiger partial charge on any atom is -0.289 e. The van der Waals surface area contributed by atoms with Gasteiger partial charge >= 0.3 is 0 Å². The monoisotopic (exact) mass is 586 g/mol. The van der Waals surface area contributed by atoms with Crippen molar-refractivity contribution in [1.29, 1.82) is 0 Å². The molecule has 0 bridgehead atoms. The summed E-state index contributed by atoms with van der Waals surface area (Å²) in [5.41, 5.74) is 14.5. The van der Waals surface area contributed by atoms with Crippen LogP contribution in [0.25, 0.3) is 22.3 Å². The van der Waals surface area contributed by atoms with Crippen molar-refractivity contribution in [2.24, 2.45) is 0 Å². The quantitative estimate of drug-likeness (QED) is 0.176. The van der Waals surface area contributed by atoms with Gasteiger partial charge in [0.15, 0.2) is 5.78 Å². The maximum Gasteiger partial charge on any atom is 0.195 e. The van der Waals surface area contributed by atoms with Crippen LogP contribution in [0.4, 0.5) is 0 Å². The third kappa shape index (κ3) is 3.93. The smallest absolute Gasteiger partial charge is 0.195 e. The first kappa shape index (κ1) is 24.2. The van der Waals surface area contributed by atoms with Crippen LogP contribution in [0.5, 0.6) is 0 Å². The van der Waals surface area contributed by atoms with E-state index in [0.717, 1.165) is 32.3 Å². The molecule has 0 saturated heterocycles. The van der Waals surface area contributed by atoms with Crippen molar-refractivity contribution in [2.75, 3.05) is 0 Å². The Balaban J connectivity index is 0.000000145. The normalized spacial score (nSPS) is 14.0. The van der Waals surface area contributed by atoms with Crippen molar-refractivity contribution in [3.05, 3.63) is 114 Å². The van der Waals surface area contributed by atoms with Crippen molar-refractivity contribution in [3.8, 4) is 22.3 Å². The van der Waals surface area contributed by atoms with E-state index in [9.17, 15) is 4.79 Å². The summed E-state index contributed by atoms with van der Waals surface area (Å²) in [4.78, 5) is 12.3. The number of carbonyl (C=O) groups excluding carboxylic acids is 1. The lowest BCUT2D eigenvalue weighted by Crippen LogP contribution is -2.15. The van der Waals surface area contributed by atoms with E-state index < -0.39 is 0 Å². The molecule has 4 aromatic carbocycles. The molecule has 0 atom stereocenters. The Morgan fingerprint density at radius 3 is 1.80 bits per heavy atom. The van der Waals surface area contributed by atoms with Crippen LogP contribution in [0.15, 0.2) is 69.6 Å². The molecule has 176 valence electrons. The maximum atomic E-state index is 12.3. The predicted octanol–water partition coefficient (Wildman–Crippen LogP) is 9.65.